The van der Waals surface area contributed by atoms with Gasteiger partial charge in [0.15, 0.2) is 0 Å². The van der Waals surface area contributed by atoms with Crippen LogP contribution in [0.5, 0.6) is 0 Å². The van der Waals surface area contributed by atoms with Gasteiger partial charge in [-0.2, -0.15) is 0 Å². The standard InChI is InChI=1S/C7H9IO2/c8-6-2-1-5(3-6)4-7(9)10/h1-2,5-6H,3-4H2,(H,9,10). The van der Waals surface area contributed by atoms with Gasteiger partial charge in [-0.25, -0.2) is 0 Å². The quantitative estimate of drug-likeness (QED) is 0.462. The predicted octanol–water partition coefficient (Wildman–Crippen LogP) is 1.84. The van der Waals surface area contributed by atoms with Gasteiger partial charge in [-0.05, 0) is 12.3 Å². The third kappa shape index (κ3) is 2.28. The Morgan fingerprint density at radius 2 is 2.40 bits per heavy atom. The number of rotatable bonds is 2. The lowest BCUT2D eigenvalue weighted by Crippen LogP contribution is -2.04. The lowest BCUT2D eigenvalue weighted by molar-refractivity contribution is -0.137. The van der Waals surface area contributed by atoms with Crippen LogP contribution >= 0.6 is 22.6 Å². The molecule has 2 unspecified atom stereocenters. The molecule has 0 amide bonds. The molecule has 0 fully saturated rings. The van der Waals surface area contributed by atoms with Crippen molar-refractivity contribution in [3.05, 3.63) is 12.2 Å². The van der Waals surface area contributed by atoms with Crippen LogP contribution in [0.25, 0.3) is 0 Å². The molecule has 56 valence electrons. The Bertz CT molecular complexity index is 165. The maximum Gasteiger partial charge on any atom is 0.303 e. The summed E-state index contributed by atoms with van der Waals surface area (Å²) in [5.41, 5.74) is 0. The first-order valence-corrected chi connectivity index (χ1v) is 4.47. The molecule has 1 aliphatic rings. The summed E-state index contributed by atoms with van der Waals surface area (Å²) in [6.07, 6.45) is 5.36. The van der Waals surface area contributed by atoms with Gasteiger partial charge in [-0.1, -0.05) is 34.7 Å². The number of aliphatic carboxylic acids is 1. The second kappa shape index (κ2) is 3.37. The third-order valence-corrected chi connectivity index (χ3v) is 2.48. The number of halogens is 1. The Morgan fingerprint density at radius 3 is 2.80 bits per heavy atom. The minimum Gasteiger partial charge on any atom is -0.481 e. The topological polar surface area (TPSA) is 37.3 Å². The molecule has 0 aromatic heterocycles. The van der Waals surface area contributed by atoms with Crippen molar-refractivity contribution in [2.24, 2.45) is 5.92 Å². The SMILES string of the molecule is O=C(O)CC1C=CC(I)C1. The summed E-state index contributed by atoms with van der Waals surface area (Å²) >= 11 is 2.31. The fourth-order valence-corrected chi connectivity index (χ4v) is 1.99. The summed E-state index contributed by atoms with van der Waals surface area (Å²) < 4.78 is 0.543. The fourth-order valence-electron chi connectivity index (χ4n) is 1.10. The Morgan fingerprint density at radius 1 is 1.70 bits per heavy atom. The molecule has 0 aliphatic heterocycles. The van der Waals surface area contributed by atoms with Crippen LogP contribution in [0.2, 0.25) is 0 Å². The molecule has 0 aromatic carbocycles. The van der Waals surface area contributed by atoms with E-state index in [4.69, 9.17) is 5.11 Å². The van der Waals surface area contributed by atoms with Crippen molar-refractivity contribution in [3.8, 4) is 0 Å². The van der Waals surface area contributed by atoms with Crippen molar-refractivity contribution >= 4 is 28.6 Å². The lowest BCUT2D eigenvalue weighted by atomic mass is 10.1. The van der Waals surface area contributed by atoms with Crippen molar-refractivity contribution in [3.63, 3.8) is 0 Å². The van der Waals surface area contributed by atoms with Crippen molar-refractivity contribution in [1.29, 1.82) is 0 Å². The molecule has 0 heterocycles. The van der Waals surface area contributed by atoms with E-state index in [9.17, 15) is 4.79 Å². The second-order valence-electron chi connectivity index (χ2n) is 2.49. The fraction of sp³-hybridized carbons (Fsp3) is 0.571. The Labute approximate surface area is 73.5 Å². The molecule has 0 bridgehead atoms. The highest BCUT2D eigenvalue weighted by molar-refractivity contribution is 14.1. The normalized spacial score (nSPS) is 30.9. The molecular weight excluding hydrogens is 243 g/mol. The van der Waals surface area contributed by atoms with Gasteiger partial charge in [0.05, 0.1) is 6.42 Å². The highest BCUT2D eigenvalue weighted by Crippen LogP contribution is 2.26. The first kappa shape index (κ1) is 8.04. The summed E-state index contributed by atoms with van der Waals surface area (Å²) in [7, 11) is 0. The maximum absolute atomic E-state index is 10.2. The van der Waals surface area contributed by atoms with Crippen molar-refractivity contribution in [2.45, 2.75) is 16.8 Å². The summed E-state index contributed by atoms with van der Waals surface area (Å²) in [5.74, 6) is -0.417. The molecule has 0 radical (unpaired) electrons. The van der Waals surface area contributed by atoms with Crippen LogP contribution in [0.4, 0.5) is 0 Å². The van der Waals surface area contributed by atoms with Crippen molar-refractivity contribution in [1.82, 2.24) is 0 Å². The van der Waals surface area contributed by atoms with Crippen LogP contribution in [0, 0.1) is 5.92 Å². The molecule has 3 heteroatoms. The monoisotopic (exact) mass is 252 g/mol. The summed E-state index contributed by atoms with van der Waals surface area (Å²) in [5, 5.41) is 8.42. The average Bonchev–Trinajstić information content (AvgIpc) is 2.13. The number of allylic oxidation sites excluding steroid dienone is 2. The highest BCUT2D eigenvalue weighted by Gasteiger charge is 2.18. The largest absolute Gasteiger partial charge is 0.481 e. The minimum absolute atomic E-state index is 0.277. The van der Waals surface area contributed by atoms with Gasteiger partial charge >= 0.3 is 5.97 Å². The molecule has 1 N–H and O–H groups in total. The minimum atomic E-state index is -0.694. The zero-order chi connectivity index (χ0) is 7.56. The second-order valence-corrected chi connectivity index (χ2v) is 4.09. The van der Waals surface area contributed by atoms with Gasteiger partial charge in [0.2, 0.25) is 0 Å². The summed E-state index contributed by atoms with van der Waals surface area (Å²) in [6, 6.07) is 0. The van der Waals surface area contributed by atoms with Gasteiger partial charge in [-0.3, -0.25) is 4.79 Å². The molecule has 0 spiro atoms. The van der Waals surface area contributed by atoms with E-state index in [-0.39, 0.29) is 12.3 Å². The number of carbonyl (C=O) groups is 1. The van der Waals surface area contributed by atoms with Gasteiger partial charge in [-0.15, -0.1) is 0 Å². The third-order valence-electron chi connectivity index (χ3n) is 1.56. The van der Waals surface area contributed by atoms with Crippen LogP contribution < -0.4 is 0 Å². The summed E-state index contributed by atoms with van der Waals surface area (Å²) in [4.78, 5) is 10.2. The van der Waals surface area contributed by atoms with E-state index in [0.29, 0.717) is 3.92 Å². The van der Waals surface area contributed by atoms with E-state index < -0.39 is 5.97 Å². The maximum atomic E-state index is 10.2. The number of carboxylic acids is 1. The van der Waals surface area contributed by atoms with E-state index in [1.54, 1.807) is 0 Å². The zero-order valence-corrected chi connectivity index (χ0v) is 7.61. The van der Waals surface area contributed by atoms with Gasteiger partial charge in [0, 0.05) is 3.92 Å². The highest BCUT2D eigenvalue weighted by atomic mass is 127. The number of hydrogen-bond acceptors (Lipinski definition) is 1. The molecule has 0 saturated heterocycles. The van der Waals surface area contributed by atoms with E-state index in [1.807, 2.05) is 6.08 Å². The van der Waals surface area contributed by atoms with E-state index >= 15 is 0 Å². The molecule has 0 aromatic rings. The Balaban J connectivity index is 2.33. The van der Waals surface area contributed by atoms with Crippen LogP contribution in [-0.2, 0) is 4.79 Å². The molecule has 1 aliphatic carbocycles. The zero-order valence-electron chi connectivity index (χ0n) is 5.46. The first-order chi connectivity index (χ1) is 4.68. The van der Waals surface area contributed by atoms with Gasteiger partial charge < -0.3 is 5.11 Å². The van der Waals surface area contributed by atoms with E-state index in [1.165, 1.54) is 0 Å². The predicted molar refractivity (Wildman–Crippen MR) is 47.3 cm³/mol. The van der Waals surface area contributed by atoms with Crippen LogP contribution in [0.3, 0.4) is 0 Å². The molecule has 0 saturated carbocycles. The smallest absolute Gasteiger partial charge is 0.303 e. The number of hydrogen-bond donors (Lipinski definition) is 1. The Hall–Kier alpha value is -0.0600. The molecule has 1 rings (SSSR count). The number of alkyl halides is 1. The van der Waals surface area contributed by atoms with Crippen LogP contribution in [0.1, 0.15) is 12.8 Å². The molecule has 2 nitrogen and oxygen atoms in total. The summed E-state index contributed by atoms with van der Waals surface area (Å²) in [6.45, 7) is 0. The first-order valence-electron chi connectivity index (χ1n) is 3.22. The van der Waals surface area contributed by atoms with E-state index in [2.05, 4.69) is 28.7 Å². The van der Waals surface area contributed by atoms with Crippen LogP contribution in [0.15, 0.2) is 12.2 Å². The van der Waals surface area contributed by atoms with Crippen molar-refractivity contribution < 1.29 is 9.90 Å². The molecule has 2 atom stereocenters. The Kier molecular flexibility index (Phi) is 2.71. The van der Waals surface area contributed by atoms with Gasteiger partial charge in [0.25, 0.3) is 0 Å². The average molecular weight is 252 g/mol. The number of carboxylic acid groups (broad SMARTS) is 1. The molecular formula is C7H9IO2. The molecule has 10 heavy (non-hydrogen) atoms. The lowest BCUT2D eigenvalue weighted by Gasteiger charge is -2.02. The van der Waals surface area contributed by atoms with Crippen molar-refractivity contribution in [2.75, 3.05) is 0 Å². The van der Waals surface area contributed by atoms with Crippen LogP contribution in [-0.4, -0.2) is 15.0 Å². The van der Waals surface area contributed by atoms with E-state index in [0.717, 1.165) is 6.42 Å². The van der Waals surface area contributed by atoms with Gasteiger partial charge in [0.1, 0.15) is 0 Å².